The molecule has 5 aromatic rings. The highest BCUT2D eigenvalue weighted by Gasteiger charge is 2.35. The van der Waals surface area contributed by atoms with Crippen LogP contribution in [-0.4, -0.2) is 70.9 Å². The monoisotopic (exact) mass is 574 g/mol. The van der Waals surface area contributed by atoms with Gasteiger partial charge in [0.15, 0.2) is 17.3 Å². The lowest BCUT2D eigenvalue weighted by Gasteiger charge is -2.37. The van der Waals surface area contributed by atoms with Crippen LogP contribution in [0.2, 0.25) is 0 Å². The zero-order valence-corrected chi connectivity index (χ0v) is 23.2. The molecule has 2 fully saturated rings. The van der Waals surface area contributed by atoms with E-state index in [1.165, 1.54) is 12.4 Å². The van der Waals surface area contributed by atoms with Gasteiger partial charge < -0.3 is 10.6 Å². The molecular formula is C31H27FN10O. The van der Waals surface area contributed by atoms with Crippen molar-refractivity contribution < 1.29 is 9.18 Å². The predicted molar refractivity (Wildman–Crippen MR) is 156 cm³/mol. The van der Waals surface area contributed by atoms with E-state index in [0.717, 1.165) is 25.1 Å². The maximum absolute atomic E-state index is 15.4. The van der Waals surface area contributed by atoms with E-state index in [4.69, 9.17) is 10.8 Å². The number of hydrogen-bond donors (Lipinski definition) is 1. The van der Waals surface area contributed by atoms with Crippen LogP contribution in [0.1, 0.15) is 35.4 Å². The molecule has 11 nitrogen and oxygen atoms in total. The Bertz CT molecular complexity index is 1900. The number of carbonyl (C=O) groups excluding carboxylic acids is 1. The van der Waals surface area contributed by atoms with Crippen LogP contribution in [-0.2, 0) is 17.8 Å². The number of amides is 1. The first kappa shape index (κ1) is 26.6. The lowest BCUT2D eigenvalue weighted by atomic mass is 10.0. The minimum atomic E-state index is -0.331. The van der Waals surface area contributed by atoms with E-state index in [0.29, 0.717) is 64.8 Å². The predicted octanol–water partition coefficient (Wildman–Crippen LogP) is 3.24. The van der Waals surface area contributed by atoms with E-state index in [1.807, 2.05) is 17.0 Å². The van der Waals surface area contributed by atoms with Gasteiger partial charge in [-0.15, -0.1) is 0 Å². The Morgan fingerprint density at radius 2 is 2.00 bits per heavy atom. The van der Waals surface area contributed by atoms with Crippen molar-refractivity contribution in [3.8, 4) is 28.7 Å². The van der Waals surface area contributed by atoms with Crippen molar-refractivity contribution in [2.24, 2.45) is 0 Å². The van der Waals surface area contributed by atoms with Gasteiger partial charge in [0.1, 0.15) is 23.5 Å². The maximum atomic E-state index is 15.4. The summed E-state index contributed by atoms with van der Waals surface area (Å²) >= 11 is 0. The first-order valence-corrected chi connectivity index (χ1v) is 14.1. The van der Waals surface area contributed by atoms with E-state index >= 15 is 4.39 Å². The Kier molecular flexibility index (Phi) is 6.71. The number of nitrogens with two attached hydrogens (primary N) is 1. The number of nitrogens with zero attached hydrogens (tertiary/aromatic N) is 9. The average molecular weight is 575 g/mol. The summed E-state index contributed by atoms with van der Waals surface area (Å²) in [4.78, 5) is 34.2. The highest BCUT2D eigenvalue weighted by atomic mass is 19.1. The molecule has 0 aliphatic carbocycles. The number of piperazine rings is 1. The van der Waals surface area contributed by atoms with Gasteiger partial charge in [-0.05, 0) is 41.8 Å². The quantitative estimate of drug-likeness (QED) is 0.323. The number of carbonyl (C=O) groups is 1. The normalized spacial score (nSPS) is 16.9. The van der Waals surface area contributed by atoms with Crippen LogP contribution >= 0.6 is 0 Å². The Balaban J connectivity index is 1.27. The fraction of sp³-hybridized carbons (Fsp3) is 0.258. The van der Waals surface area contributed by atoms with E-state index in [2.05, 4.69) is 30.9 Å². The van der Waals surface area contributed by atoms with Crippen molar-refractivity contribution in [2.45, 2.75) is 31.8 Å². The summed E-state index contributed by atoms with van der Waals surface area (Å²) < 4.78 is 17.0. The summed E-state index contributed by atoms with van der Waals surface area (Å²) in [6, 6.07) is 16.3. The van der Waals surface area contributed by atoms with Gasteiger partial charge in [-0.3, -0.25) is 9.69 Å². The van der Waals surface area contributed by atoms with Crippen LogP contribution in [0.25, 0.3) is 28.3 Å². The molecule has 0 bridgehead atoms. The second kappa shape index (κ2) is 10.8. The van der Waals surface area contributed by atoms with E-state index < -0.39 is 0 Å². The third-order valence-corrected chi connectivity index (χ3v) is 8.16. The largest absolute Gasteiger partial charge is 0.381 e. The Morgan fingerprint density at radius 3 is 2.84 bits per heavy atom. The number of benzene rings is 2. The number of aromatic nitrogens is 6. The number of anilines is 1. The molecule has 0 saturated carbocycles. The fourth-order valence-electron chi connectivity index (χ4n) is 6.09. The van der Waals surface area contributed by atoms with Gasteiger partial charge in [-0.25, -0.2) is 28.8 Å². The van der Waals surface area contributed by atoms with Crippen LogP contribution in [0, 0.1) is 17.1 Å². The fourth-order valence-corrected chi connectivity index (χ4v) is 6.09. The van der Waals surface area contributed by atoms with Gasteiger partial charge in [0.05, 0.1) is 17.3 Å². The summed E-state index contributed by atoms with van der Waals surface area (Å²) in [5.41, 5.74) is 10.8. The number of nitriles is 1. The highest BCUT2D eigenvalue weighted by molar-refractivity contribution is 5.82. The molecule has 2 N–H and O–H groups in total. The van der Waals surface area contributed by atoms with Crippen molar-refractivity contribution in [3.63, 3.8) is 0 Å². The van der Waals surface area contributed by atoms with E-state index in [1.54, 1.807) is 41.0 Å². The molecule has 2 saturated heterocycles. The van der Waals surface area contributed by atoms with E-state index in [9.17, 15) is 10.1 Å². The van der Waals surface area contributed by atoms with Crippen molar-refractivity contribution >= 4 is 17.4 Å². The number of fused-ring (bicyclic) bond motifs is 2. The van der Waals surface area contributed by atoms with Crippen molar-refractivity contribution in [3.05, 3.63) is 89.4 Å². The summed E-state index contributed by atoms with van der Waals surface area (Å²) in [5, 5.41) is 14.3. The molecule has 5 heterocycles. The van der Waals surface area contributed by atoms with Crippen molar-refractivity contribution in [2.75, 3.05) is 25.4 Å². The smallest absolute Gasteiger partial charge is 0.222 e. The topological polar surface area (TPSA) is 142 Å². The molecular weight excluding hydrogens is 547 g/mol. The molecule has 1 atom stereocenters. The molecule has 214 valence electrons. The number of halogens is 1. The van der Waals surface area contributed by atoms with Crippen LogP contribution in [0.5, 0.6) is 0 Å². The molecule has 0 spiro atoms. The molecule has 43 heavy (non-hydrogen) atoms. The van der Waals surface area contributed by atoms with Crippen LogP contribution in [0.15, 0.2) is 61.1 Å². The summed E-state index contributed by atoms with van der Waals surface area (Å²) in [7, 11) is 0. The zero-order chi connectivity index (χ0) is 29.5. The third kappa shape index (κ3) is 4.93. The molecule has 7 rings (SSSR count). The first-order chi connectivity index (χ1) is 21.0. The van der Waals surface area contributed by atoms with Crippen molar-refractivity contribution in [1.29, 1.82) is 5.26 Å². The summed E-state index contributed by atoms with van der Waals surface area (Å²) in [5.74, 6) is 0.420. The Morgan fingerprint density at radius 1 is 1.12 bits per heavy atom. The van der Waals surface area contributed by atoms with Gasteiger partial charge in [0, 0.05) is 56.8 Å². The summed E-state index contributed by atoms with van der Waals surface area (Å²) in [6.07, 6.45) is 4.66. The zero-order valence-electron chi connectivity index (χ0n) is 23.2. The molecule has 1 unspecified atom stereocenters. The lowest BCUT2D eigenvalue weighted by Crippen LogP contribution is -2.51. The highest BCUT2D eigenvalue weighted by Crippen LogP contribution is 2.33. The minimum Gasteiger partial charge on any atom is -0.381 e. The van der Waals surface area contributed by atoms with E-state index in [-0.39, 0.29) is 30.0 Å². The molecule has 2 aliphatic heterocycles. The molecule has 3 aromatic heterocycles. The molecule has 12 heteroatoms. The Labute approximate surface area is 246 Å². The van der Waals surface area contributed by atoms with Crippen LogP contribution < -0.4 is 5.73 Å². The molecule has 2 aromatic carbocycles. The number of nitrogen functional groups attached to an aromatic ring is 1. The second-order valence-electron chi connectivity index (χ2n) is 10.8. The maximum Gasteiger partial charge on any atom is 0.222 e. The second-order valence-corrected chi connectivity index (χ2v) is 10.8. The average Bonchev–Trinajstić information content (AvgIpc) is 3.62. The number of hydrogen-bond acceptors (Lipinski definition) is 9. The Hall–Kier alpha value is -5.28. The van der Waals surface area contributed by atoms with Crippen LogP contribution in [0.4, 0.5) is 10.2 Å². The summed E-state index contributed by atoms with van der Waals surface area (Å²) in [6.45, 7) is 2.77. The van der Waals surface area contributed by atoms with Gasteiger partial charge in [0.25, 0.3) is 0 Å². The minimum absolute atomic E-state index is 0.145. The van der Waals surface area contributed by atoms with Gasteiger partial charge in [0.2, 0.25) is 5.91 Å². The molecule has 2 aliphatic rings. The van der Waals surface area contributed by atoms with Gasteiger partial charge in [-0.1, -0.05) is 24.3 Å². The molecule has 0 radical (unpaired) electrons. The molecule has 1 amide bonds. The lowest BCUT2D eigenvalue weighted by molar-refractivity contribution is -0.130. The van der Waals surface area contributed by atoms with Crippen molar-refractivity contribution in [1.82, 2.24) is 39.3 Å². The van der Waals surface area contributed by atoms with Crippen LogP contribution in [0.3, 0.4) is 0 Å². The first-order valence-electron chi connectivity index (χ1n) is 14.1. The van der Waals surface area contributed by atoms with Gasteiger partial charge in [-0.2, -0.15) is 10.4 Å². The van der Waals surface area contributed by atoms with Gasteiger partial charge >= 0.3 is 0 Å². The third-order valence-electron chi connectivity index (χ3n) is 8.16. The SMILES string of the molecule is N#Cc1cccc(-c2nc(N)c3nc(Cc4c(F)cccc4CN4CCN5C(=O)CCC5C4)nn3c2-c2ccncn2)c1. The number of rotatable bonds is 6. The standard InChI is InChI=1S/C31H27FN10O/c32-24-6-2-5-21(16-40-11-12-41-22(17-40)7-8-27(41)43)23(24)14-26-37-31-30(34)38-28(20-4-1-3-19(13-20)15-33)29(42(31)39-26)25-9-10-35-18-36-25/h1-6,9-10,13,18,22H,7-8,11-12,14,16-17H2,(H2,34,38).